The van der Waals surface area contributed by atoms with Gasteiger partial charge in [0, 0.05) is 23.7 Å². The molecule has 3 N–H and O–H groups in total. The molecule has 0 heterocycles. The highest BCUT2D eigenvalue weighted by molar-refractivity contribution is 5.94. The van der Waals surface area contributed by atoms with Crippen LogP contribution in [0.25, 0.3) is 0 Å². The minimum Gasteiger partial charge on any atom is -0.352 e. The van der Waals surface area contributed by atoms with Crippen molar-refractivity contribution in [3.63, 3.8) is 0 Å². The van der Waals surface area contributed by atoms with Gasteiger partial charge in [-0.2, -0.15) is 0 Å². The van der Waals surface area contributed by atoms with Gasteiger partial charge in [0.2, 0.25) is 5.91 Å². The largest absolute Gasteiger partial charge is 0.352 e. The second-order valence-electron chi connectivity index (χ2n) is 6.35. The number of urea groups is 1. The first-order valence-corrected chi connectivity index (χ1v) is 8.62. The molecule has 1 unspecified atom stereocenters. The minimum atomic E-state index is -0.645. The van der Waals surface area contributed by atoms with E-state index in [4.69, 9.17) is 6.42 Å². The van der Waals surface area contributed by atoms with Crippen LogP contribution in [-0.2, 0) is 11.2 Å². The van der Waals surface area contributed by atoms with Gasteiger partial charge in [-0.05, 0) is 36.6 Å². The van der Waals surface area contributed by atoms with Crippen molar-refractivity contribution in [1.82, 2.24) is 10.6 Å². The summed E-state index contributed by atoms with van der Waals surface area (Å²) in [6.07, 6.45) is 7.79. The zero-order valence-corrected chi connectivity index (χ0v) is 14.4. The Kier molecular flexibility index (Phi) is 5.55. The third-order valence-corrected chi connectivity index (χ3v) is 4.12. The number of hydrogen-bond acceptors (Lipinski definition) is 2. The summed E-state index contributed by atoms with van der Waals surface area (Å²) in [5.74, 6) is 2.36. The van der Waals surface area contributed by atoms with Crippen LogP contribution < -0.4 is 16.0 Å². The minimum absolute atomic E-state index is 0.163. The molecule has 2 aromatic rings. The molecule has 3 rings (SSSR count). The molecule has 5 heteroatoms. The van der Waals surface area contributed by atoms with Crippen LogP contribution in [0.4, 0.5) is 10.5 Å². The van der Waals surface area contributed by atoms with Crippen molar-refractivity contribution in [2.75, 3.05) is 5.32 Å². The van der Waals surface area contributed by atoms with Crippen LogP contribution in [0.2, 0.25) is 0 Å². The molecule has 1 aliphatic rings. The fourth-order valence-electron chi connectivity index (χ4n) is 2.60. The van der Waals surface area contributed by atoms with Crippen LogP contribution >= 0.6 is 0 Å². The van der Waals surface area contributed by atoms with Crippen LogP contribution in [0.3, 0.4) is 0 Å². The fraction of sp³-hybridized carbons (Fsp3) is 0.238. The highest BCUT2D eigenvalue weighted by atomic mass is 16.2. The normalized spacial score (nSPS) is 14.0. The lowest BCUT2D eigenvalue weighted by molar-refractivity contribution is -0.123. The summed E-state index contributed by atoms with van der Waals surface area (Å²) >= 11 is 0. The van der Waals surface area contributed by atoms with Gasteiger partial charge in [-0.25, -0.2) is 4.79 Å². The molecule has 1 fully saturated rings. The first-order valence-electron chi connectivity index (χ1n) is 8.62. The molecule has 1 saturated carbocycles. The van der Waals surface area contributed by atoms with Crippen molar-refractivity contribution < 1.29 is 9.59 Å². The SMILES string of the molecule is C#Cc1cccc(NC(=O)NC(Cc2ccccc2)C(=O)NC2CC2)c1. The lowest BCUT2D eigenvalue weighted by Gasteiger charge is -2.19. The zero-order valence-electron chi connectivity index (χ0n) is 14.4. The predicted molar refractivity (Wildman–Crippen MR) is 102 cm³/mol. The number of rotatable bonds is 6. The monoisotopic (exact) mass is 347 g/mol. The smallest absolute Gasteiger partial charge is 0.319 e. The van der Waals surface area contributed by atoms with Gasteiger partial charge in [0.05, 0.1) is 0 Å². The first kappa shape index (κ1) is 17.6. The van der Waals surface area contributed by atoms with Crippen molar-refractivity contribution in [3.8, 4) is 12.3 Å². The van der Waals surface area contributed by atoms with Gasteiger partial charge in [-0.1, -0.05) is 42.3 Å². The molecule has 2 aromatic carbocycles. The highest BCUT2D eigenvalue weighted by Crippen LogP contribution is 2.19. The van der Waals surface area contributed by atoms with E-state index >= 15 is 0 Å². The van der Waals surface area contributed by atoms with E-state index in [1.807, 2.05) is 30.3 Å². The Morgan fingerprint density at radius 3 is 2.58 bits per heavy atom. The lowest BCUT2D eigenvalue weighted by Crippen LogP contribution is -2.49. The Morgan fingerprint density at radius 1 is 1.12 bits per heavy atom. The molecule has 1 atom stereocenters. The molecule has 3 amide bonds. The molecule has 0 aromatic heterocycles. The Hall–Kier alpha value is -3.26. The predicted octanol–water partition coefficient (Wildman–Crippen LogP) is 2.68. The van der Waals surface area contributed by atoms with E-state index in [1.165, 1.54) is 0 Å². The molecule has 0 aliphatic heterocycles. The average molecular weight is 347 g/mol. The highest BCUT2D eigenvalue weighted by Gasteiger charge is 2.28. The maximum atomic E-state index is 12.5. The van der Waals surface area contributed by atoms with E-state index in [0.717, 1.165) is 18.4 Å². The van der Waals surface area contributed by atoms with E-state index in [1.54, 1.807) is 24.3 Å². The number of anilines is 1. The maximum Gasteiger partial charge on any atom is 0.319 e. The Morgan fingerprint density at radius 2 is 1.88 bits per heavy atom. The van der Waals surface area contributed by atoms with Crippen LogP contribution in [-0.4, -0.2) is 24.0 Å². The number of carbonyl (C=O) groups is 2. The maximum absolute atomic E-state index is 12.5. The quantitative estimate of drug-likeness (QED) is 0.703. The Bertz CT molecular complexity index is 823. The second-order valence-corrected chi connectivity index (χ2v) is 6.35. The number of terminal acetylenes is 1. The summed E-state index contributed by atoms with van der Waals surface area (Å²) in [5.41, 5.74) is 2.24. The summed E-state index contributed by atoms with van der Waals surface area (Å²) < 4.78 is 0. The lowest BCUT2D eigenvalue weighted by atomic mass is 10.1. The standard InChI is InChI=1S/C21H21N3O2/c1-2-15-9-6-10-18(13-15)23-21(26)24-19(20(25)22-17-11-12-17)14-16-7-4-3-5-8-16/h1,3-10,13,17,19H,11-12,14H2,(H,22,25)(H2,23,24,26). The summed E-state index contributed by atoms with van der Waals surface area (Å²) in [7, 11) is 0. The van der Waals surface area contributed by atoms with Gasteiger partial charge in [0.15, 0.2) is 0 Å². The molecule has 0 bridgehead atoms. The van der Waals surface area contributed by atoms with Crippen molar-refractivity contribution in [3.05, 3.63) is 65.7 Å². The van der Waals surface area contributed by atoms with Gasteiger partial charge in [0.25, 0.3) is 0 Å². The van der Waals surface area contributed by atoms with Crippen LogP contribution in [0.1, 0.15) is 24.0 Å². The number of benzene rings is 2. The molecule has 132 valence electrons. The van der Waals surface area contributed by atoms with Crippen LogP contribution in [0.15, 0.2) is 54.6 Å². The number of amides is 3. The number of nitrogens with one attached hydrogen (secondary N) is 3. The van der Waals surface area contributed by atoms with Crippen LogP contribution in [0.5, 0.6) is 0 Å². The third-order valence-electron chi connectivity index (χ3n) is 4.12. The Labute approximate surface area is 153 Å². The number of hydrogen-bond donors (Lipinski definition) is 3. The van der Waals surface area contributed by atoms with Crippen molar-refractivity contribution >= 4 is 17.6 Å². The average Bonchev–Trinajstić information content (AvgIpc) is 3.46. The molecule has 1 aliphatic carbocycles. The van der Waals surface area contributed by atoms with E-state index in [2.05, 4.69) is 21.9 Å². The number of carbonyl (C=O) groups excluding carboxylic acids is 2. The zero-order chi connectivity index (χ0) is 18.4. The summed E-state index contributed by atoms with van der Waals surface area (Å²) in [4.78, 5) is 24.9. The summed E-state index contributed by atoms with van der Waals surface area (Å²) in [5, 5.41) is 8.46. The molecule has 26 heavy (non-hydrogen) atoms. The van der Waals surface area contributed by atoms with E-state index in [-0.39, 0.29) is 11.9 Å². The van der Waals surface area contributed by atoms with E-state index in [0.29, 0.717) is 17.7 Å². The molecule has 5 nitrogen and oxygen atoms in total. The molecular weight excluding hydrogens is 326 g/mol. The molecule has 0 radical (unpaired) electrons. The topological polar surface area (TPSA) is 70.2 Å². The van der Waals surface area contributed by atoms with Crippen molar-refractivity contribution in [2.24, 2.45) is 0 Å². The van der Waals surface area contributed by atoms with Crippen molar-refractivity contribution in [1.29, 1.82) is 0 Å². The van der Waals surface area contributed by atoms with Crippen molar-refractivity contribution in [2.45, 2.75) is 31.3 Å². The van der Waals surface area contributed by atoms with Gasteiger partial charge in [0.1, 0.15) is 6.04 Å². The van der Waals surface area contributed by atoms with E-state index in [9.17, 15) is 9.59 Å². The third kappa shape index (κ3) is 5.12. The Balaban J connectivity index is 1.66. The van der Waals surface area contributed by atoms with Gasteiger partial charge >= 0.3 is 6.03 Å². The fourth-order valence-corrected chi connectivity index (χ4v) is 2.60. The molecular formula is C21H21N3O2. The first-order chi connectivity index (χ1) is 12.6. The van der Waals surface area contributed by atoms with E-state index < -0.39 is 12.1 Å². The summed E-state index contributed by atoms with van der Waals surface area (Å²) in [6, 6.07) is 15.8. The van der Waals surface area contributed by atoms with Gasteiger partial charge in [-0.3, -0.25) is 4.79 Å². The molecule has 0 saturated heterocycles. The van der Waals surface area contributed by atoms with Gasteiger partial charge < -0.3 is 16.0 Å². The molecule has 0 spiro atoms. The second kappa shape index (κ2) is 8.21. The van der Waals surface area contributed by atoms with Gasteiger partial charge in [-0.15, -0.1) is 6.42 Å². The summed E-state index contributed by atoms with van der Waals surface area (Å²) in [6.45, 7) is 0. The van der Waals surface area contributed by atoms with Crippen LogP contribution in [0, 0.1) is 12.3 Å².